The Bertz CT molecular complexity index is 328. The molecular formula is C9H13N3O2. The predicted octanol–water partition coefficient (Wildman–Crippen LogP) is 0.169. The van der Waals surface area contributed by atoms with E-state index in [1.54, 1.807) is 24.3 Å². The zero-order valence-corrected chi connectivity index (χ0v) is 7.60. The quantitative estimate of drug-likeness (QED) is 0.553. The van der Waals surface area contributed by atoms with Gasteiger partial charge in [-0.2, -0.15) is 0 Å². The van der Waals surface area contributed by atoms with Gasteiger partial charge in [0.15, 0.2) is 0 Å². The van der Waals surface area contributed by atoms with Gasteiger partial charge in [-0.05, 0) is 11.6 Å². The van der Waals surface area contributed by atoms with Crippen molar-refractivity contribution in [1.29, 1.82) is 0 Å². The van der Waals surface area contributed by atoms with E-state index >= 15 is 0 Å². The van der Waals surface area contributed by atoms with Crippen LogP contribution in [0.1, 0.15) is 11.6 Å². The highest BCUT2D eigenvalue weighted by atomic mass is 16.3. The zero-order valence-electron chi connectivity index (χ0n) is 7.60. The van der Waals surface area contributed by atoms with Crippen LogP contribution in [0.15, 0.2) is 24.3 Å². The molecule has 76 valence electrons. The normalized spacial score (nSPS) is 12.1. The number of carbonyl (C=O) groups excluding carboxylic acids is 1. The number of aliphatic hydroxyl groups excluding tert-OH is 1. The Morgan fingerprint density at radius 3 is 2.71 bits per heavy atom. The summed E-state index contributed by atoms with van der Waals surface area (Å²) < 4.78 is 0. The van der Waals surface area contributed by atoms with Crippen molar-refractivity contribution in [2.45, 2.75) is 6.04 Å². The summed E-state index contributed by atoms with van der Waals surface area (Å²) in [5.74, 6) is 0. The van der Waals surface area contributed by atoms with Crippen molar-refractivity contribution in [3.63, 3.8) is 0 Å². The van der Waals surface area contributed by atoms with Gasteiger partial charge in [0, 0.05) is 5.69 Å². The Morgan fingerprint density at radius 1 is 1.50 bits per heavy atom. The van der Waals surface area contributed by atoms with E-state index in [0.717, 1.165) is 0 Å². The third-order valence-corrected chi connectivity index (χ3v) is 1.81. The molecule has 14 heavy (non-hydrogen) atoms. The minimum absolute atomic E-state index is 0.183. The first-order valence-electron chi connectivity index (χ1n) is 4.17. The molecule has 0 saturated heterocycles. The molecule has 1 rings (SSSR count). The average molecular weight is 195 g/mol. The number of nitrogens with one attached hydrogen (secondary N) is 1. The van der Waals surface area contributed by atoms with Crippen molar-refractivity contribution < 1.29 is 9.90 Å². The molecule has 1 atom stereocenters. The van der Waals surface area contributed by atoms with Crippen molar-refractivity contribution in [3.8, 4) is 0 Å². The number of aliphatic hydroxyl groups is 1. The van der Waals surface area contributed by atoms with E-state index in [0.29, 0.717) is 11.3 Å². The number of benzene rings is 1. The van der Waals surface area contributed by atoms with Crippen LogP contribution in [0.3, 0.4) is 0 Å². The van der Waals surface area contributed by atoms with Crippen LogP contribution in [-0.2, 0) is 0 Å². The minimum Gasteiger partial charge on any atom is -0.394 e. The highest BCUT2D eigenvalue weighted by Crippen LogP contribution is 2.20. The van der Waals surface area contributed by atoms with Gasteiger partial charge in [-0.3, -0.25) is 0 Å². The molecule has 5 heteroatoms. The van der Waals surface area contributed by atoms with Gasteiger partial charge in [-0.15, -0.1) is 0 Å². The molecule has 0 aliphatic rings. The number of primary amides is 1. The summed E-state index contributed by atoms with van der Waals surface area (Å²) in [6.45, 7) is -0.183. The number of carbonyl (C=O) groups is 1. The summed E-state index contributed by atoms with van der Waals surface area (Å²) in [5.41, 5.74) is 11.8. The molecule has 6 N–H and O–H groups in total. The number of urea groups is 1. The number of hydrogen-bond acceptors (Lipinski definition) is 3. The Balaban J connectivity index is 2.96. The van der Waals surface area contributed by atoms with Gasteiger partial charge < -0.3 is 21.9 Å². The van der Waals surface area contributed by atoms with Crippen LogP contribution in [0.2, 0.25) is 0 Å². The Morgan fingerprint density at radius 2 is 2.14 bits per heavy atom. The second-order valence-electron chi connectivity index (χ2n) is 2.87. The molecular weight excluding hydrogens is 182 g/mol. The summed E-state index contributed by atoms with van der Waals surface area (Å²) in [7, 11) is 0. The molecule has 0 aliphatic carbocycles. The van der Waals surface area contributed by atoms with E-state index in [1.807, 2.05) is 0 Å². The molecule has 0 aromatic heterocycles. The van der Waals surface area contributed by atoms with Gasteiger partial charge in [-0.25, -0.2) is 4.79 Å². The molecule has 1 unspecified atom stereocenters. The molecule has 0 fully saturated rings. The molecule has 5 nitrogen and oxygen atoms in total. The first-order valence-corrected chi connectivity index (χ1v) is 4.17. The number of amides is 2. The fourth-order valence-electron chi connectivity index (χ4n) is 1.17. The van der Waals surface area contributed by atoms with Crippen molar-refractivity contribution in [2.75, 3.05) is 11.9 Å². The molecule has 0 bridgehead atoms. The van der Waals surface area contributed by atoms with Crippen molar-refractivity contribution in [1.82, 2.24) is 0 Å². The third-order valence-electron chi connectivity index (χ3n) is 1.81. The first kappa shape index (κ1) is 10.5. The first-order chi connectivity index (χ1) is 6.65. The van der Waals surface area contributed by atoms with E-state index in [2.05, 4.69) is 5.32 Å². The smallest absolute Gasteiger partial charge is 0.316 e. The molecule has 0 radical (unpaired) electrons. The predicted molar refractivity (Wildman–Crippen MR) is 53.7 cm³/mol. The Labute approximate surface area is 81.7 Å². The number of rotatable bonds is 3. The molecule has 0 spiro atoms. The molecule has 0 aliphatic heterocycles. The number of hydrogen-bond donors (Lipinski definition) is 4. The lowest BCUT2D eigenvalue weighted by molar-refractivity contribution is 0.259. The van der Waals surface area contributed by atoms with Crippen LogP contribution < -0.4 is 16.8 Å². The largest absolute Gasteiger partial charge is 0.394 e. The summed E-state index contributed by atoms with van der Waals surface area (Å²) in [6, 6.07) is 5.76. The fraction of sp³-hybridized carbons (Fsp3) is 0.222. The summed E-state index contributed by atoms with van der Waals surface area (Å²) in [6.07, 6.45) is 0. The van der Waals surface area contributed by atoms with Crippen LogP contribution in [0.4, 0.5) is 10.5 Å². The van der Waals surface area contributed by atoms with E-state index in [1.165, 1.54) is 0 Å². The maximum Gasteiger partial charge on any atom is 0.316 e. The minimum atomic E-state index is -0.650. The maximum absolute atomic E-state index is 10.6. The number of anilines is 1. The molecule has 0 heterocycles. The fourth-order valence-corrected chi connectivity index (χ4v) is 1.17. The standard InChI is InChI=1S/C9H13N3O2/c10-7(5-13)6-3-1-2-4-8(6)12-9(11)14/h1-4,7,13H,5,10H2,(H3,11,12,14). The highest BCUT2D eigenvalue weighted by molar-refractivity contribution is 5.88. The third kappa shape index (κ3) is 2.45. The topological polar surface area (TPSA) is 101 Å². The van der Waals surface area contributed by atoms with Gasteiger partial charge in [-0.1, -0.05) is 18.2 Å². The lowest BCUT2D eigenvalue weighted by Gasteiger charge is -2.13. The highest BCUT2D eigenvalue weighted by Gasteiger charge is 2.09. The van der Waals surface area contributed by atoms with E-state index < -0.39 is 12.1 Å². The van der Waals surface area contributed by atoms with Crippen molar-refractivity contribution in [3.05, 3.63) is 29.8 Å². The number of nitrogens with two attached hydrogens (primary N) is 2. The van der Waals surface area contributed by atoms with Crippen molar-refractivity contribution in [2.24, 2.45) is 11.5 Å². The van der Waals surface area contributed by atoms with Crippen LogP contribution >= 0.6 is 0 Å². The Hall–Kier alpha value is -1.59. The second-order valence-corrected chi connectivity index (χ2v) is 2.87. The van der Waals surface area contributed by atoms with Gasteiger partial charge >= 0.3 is 6.03 Å². The monoisotopic (exact) mass is 195 g/mol. The van der Waals surface area contributed by atoms with E-state index in [9.17, 15) is 4.79 Å². The molecule has 1 aromatic rings. The molecule has 1 aromatic carbocycles. The van der Waals surface area contributed by atoms with Gasteiger partial charge in [0.25, 0.3) is 0 Å². The SMILES string of the molecule is NC(=O)Nc1ccccc1C(N)CO. The molecule has 2 amide bonds. The van der Waals surface area contributed by atoms with Gasteiger partial charge in [0.2, 0.25) is 0 Å². The summed E-state index contributed by atoms with van der Waals surface area (Å²) in [4.78, 5) is 10.6. The zero-order chi connectivity index (χ0) is 10.6. The van der Waals surface area contributed by atoms with Crippen LogP contribution in [0.25, 0.3) is 0 Å². The average Bonchev–Trinajstić information content (AvgIpc) is 2.16. The maximum atomic E-state index is 10.6. The Kier molecular flexibility index (Phi) is 3.44. The van der Waals surface area contributed by atoms with Crippen LogP contribution in [0.5, 0.6) is 0 Å². The second kappa shape index (κ2) is 4.59. The van der Waals surface area contributed by atoms with Crippen LogP contribution in [0, 0.1) is 0 Å². The van der Waals surface area contributed by atoms with E-state index in [4.69, 9.17) is 16.6 Å². The van der Waals surface area contributed by atoms with Gasteiger partial charge in [0.05, 0.1) is 12.6 Å². The van der Waals surface area contributed by atoms with Crippen molar-refractivity contribution >= 4 is 11.7 Å². The summed E-state index contributed by atoms with van der Waals surface area (Å²) in [5, 5.41) is 11.3. The summed E-state index contributed by atoms with van der Waals surface area (Å²) >= 11 is 0. The van der Waals surface area contributed by atoms with E-state index in [-0.39, 0.29) is 6.61 Å². The van der Waals surface area contributed by atoms with Crippen LogP contribution in [-0.4, -0.2) is 17.7 Å². The lowest BCUT2D eigenvalue weighted by atomic mass is 10.1. The number of para-hydroxylation sites is 1. The lowest BCUT2D eigenvalue weighted by Crippen LogP contribution is -2.23. The van der Waals surface area contributed by atoms with Gasteiger partial charge in [0.1, 0.15) is 0 Å². The molecule has 0 saturated carbocycles.